The average Bonchev–Trinajstić information content (AvgIpc) is 2.87. The van der Waals surface area contributed by atoms with E-state index in [0.717, 1.165) is 6.54 Å². The highest BCUT2D eigenvalue weighted by atomic mass is 35.5. The molecule has 2 heterocycles. The summed E-state index contributed by atoms with van der Waals surface area (Å²) in [6.45, 7) is 6.83. The summed E-state index contributed by atoms with van der Waals surface area (Å²) in [4.78, 5) is 15.6. The van der Waals surface area contributed by atoms with Gasteiger partial charge in [-0.3, -0.25) is 9.48 Å². The van der Waals surface area contributed by atoms with Crippen LogP contribution < -0.4 is 10.6 Å². The van der Waals surface area contributed by atoms with E-state index in [1.54, 1.807) is 11.0 Å². The number of rotatable bonds is 5. The van der Waals surface area contributed by atoms with Gasteiger partial charge in [-0.15, -0.1) is 12.4 Å². The van der Waals surface area contributed by atoms with E-state index in [-0.39, 0.29) is 23.7 Å². The Morgan fingerprint density at radius 3 is 3.00 bits per heavy atom. The molecule has 0 spiro atoms. The standard InChI is InChI=1S/C13H23N5O.ClH/c1-13(2)5-3-6-15-11(13)8-16-12(19)4-7-18-10-14-9-17-18;/h9-11,15H,3-8H2,1-2H3,(H,16,19);1H. The number of piperidine rings is 1. The zero-order valence-corrected chi connectivity index (χ0v) is 12.9. The SMILES string of the molecule is CC1(C)CCCNC1CNC(=O)CCn1cncn1.Cl. The van der Waals surface area contributed by atoms with Gasteiger partial charge in [0.15, 0.2) is 0 Å². The molecular weight excluding hydrogens is 278 g/mol. The van der Waals surface area contributed by atoms with Gasteiger partial charge >= 0.3 is 0 Å². The maximum atomic E-state index is 11.8. The number of aromatic nitrogens is 3. The van der Waals surface area contributed by atoms with E-state index in [1.807, 2.05) is 0 Å². The number of carbonyl (C=O) groups is 1. The minimum absolute atomic E-state index is 0. The van der Waals surface area contributed by atoms with Gasteiger partial charge < -0.3 is 10.6 Å². The second kappa shape index (κ2) is 7.59. The minimum Gasteiger partial charge on any atom is -0.354 e. The third-order valence-corrected chi connectivity index (χ3v) is 3.87. The molecule has 1 amide bonds. The number of aryl methyl sites for hydroxylation is 1. The van der Waals surface area contributed by atoms with Gasteiger partial charge in [0.25, 0.3) is 0 Å². The number of nitrogens with one attached hydrogen (secondary N) is 2. The largest absolute Gasteiger partial charge is 0.354 e. The van der Waals surface area contributed by atoms with Crippen LogP contribution in [0, 0.1) is 5.41 Å². The molecule has 1 saturated heterocycles. The van der Waals surface area contributed by atoms with Crippen molar-refractivity contribution in [1.29, 1.82) is 0 Å². The number of halogens is 1. The molecule has 1 atom stereocenters. The maximum Gasteiger partial charge on any atom is 0.221 e. The predicted molar refractivity (Wildman–Crippen MR) is 79.7 cm³/mol. The Hall–Kier alpha value is -1.14. The lowest BCUT2D eigenvalue weighted by molar-refractivity contribution is -0.121. The summed E-state index contributed by atoms with van der Waals surface area (Å²) in [7, 11) is 0. The van der Waals surface area contributed by atoms with Crippen LogP contribution in [0.1, 0.15) is 33.1 Å². The molecule has 1 fully saturated rings. The first-order valence-corrected chi connectivity index (χ1v) is 6.90. The van der Waals surface area contributed by atoms with Crippen molar-refractivity contribution in [3.63, 3.8) is 0 Å². The molecule has 1 unspecified atom stereocenters. The van der Waals surface area contributed by atoms with E-state index in [0.29, 0.717) is 25.6 Å². The van der Waals surface area contributed by atoms with Gasteiger partial charge in [0.1, 0.15) is 12.7 Å². The molecule has 2 rings (SSSR count). The van der Waals surface area contributed by atoms with Crippen LogP contribution >= 0.6 is 12.4 Å². The van der Waals surface area contributed by atoms with Gasteiger partial charge in [0.05, 0.1) is 6.54 Å². The van der Waals surface area contributed by atoms with E-state index in [2.05, 4.69) is 34.6 Å². The third-order valence-electron chi connectivity index (χ3n) is 3.87. The van der Waals surface area contributed by atoms with Crippen molar-refractivity contribution in [2.45, 2.75) is 45.7 Å². The Morgan fingerprint density at radius 1 is 1.55 bits per heavy atom. The Labute approximate surface area is 126 Å². The summed E-state index contributed by atoms with van der Waals surface area (Å²) < 4.78 is 1.67. The molecule has 7 heteroatoms. The smallest absolute Gasteiger partial charge is 0.221 e. The summed E-state index contributed by atoms with van der Waals surface area (Å²) in [5, 5.41) is 10.5. The highest BCUT2D eigenvalue weighted by Gasteiger charge is 2.31. The van der Waals surface area contributed by atoms with Crippen LogP contribution in [0.4, 0.5) is 0 Å². The van der Waals surface area contributed by atoms with Gasteiger partial charge in [-0.05, 0) is 24.8 Å². The topological polar surface area (TPSA) is 71.8 Å². The highest BCUT2D eigenvalue weighted by Crippen LogP contribution is 2.29. The first-order valence-electron chi connectivity index (χ1n) is 6.90. The lowest BCUT2D eigenvalue weighted by atomic mass is 9.77. The fraction of sp³-hybridized carbons (Fsp3) is 0.769. The van der Waals surface area contributed by atoms with Crippen LogP contribution in [-0.2, 0) is 11.3 Å². The van der Waals surface area contributed by atoms with Gasteiger partial charge in [-0.1, -0.05) is 13.8 Å². The van der Waals surface area contributed by atoms with Crippen LogP contribution in [0.2, 0.25) is 0 Å². The quantitative estimate of drug-likeness (QED) is 0.850. The van der Waals surface area contributed by atoms with Crippen molar-refractivity contribution < 1.29 is 4.79 Å². The first kappa shape index (κ1) is 16.9. The number of hydrogen-bond donors (Lipinski definition) is 2. The molecule has 0 aliphatic carbocycles. The number of amides is 1. The second-order valence-electron chi connectivity index (χ2n) is 5.81. The molecule has 0 saturated carbocycles. The fourth-order valence-electron chi connectivity index (χ4n) is 2.49. The van der Waals surface area contributed by atoms with Crippen molar-refractivity contribution in [2.24, 2.45) is 5.41 Å². The molecular formula is C13H24ClN5O. The normalized spacial score (nSPS) is 21.0. The lowest BCUT2D eigenvalue weighted by Crippen LogP contribution is -2.52. The van der Waals surface area contributed by atoms with E-state index in [1.165, 1.54) is 19.2 Å². The zero-order valence-electron chi connectivity index (χ0n) is 12.1. The van der Waals surface area contributed by atoms with Crippen molar-refractivity contribution >= 4 is 18.3 Å². The molecule has 1 aliphatic rings. The molecule has 0 radical (unpaired) electrons. The van der Waals surface area contributed by atoms with Crippen LogP contribution in [0.25, 0.3) is 0 Å². The summed E-state index contributed by atoms with van der Waals surface area (Å²) in [6, 6.07) is 0.358. The van der Waals surface area contributed by atoms with Crippen molar-refractivity contribution in [1.82, 2.24) is 25.4 Å². The number of carbonyl (C=O) groups excluding carboxylic acids is 1. The zero-order chi connectivity index (χ0) is 13.7. The molecule has 1 aromatic heterocycles. The molecule has 0 bridgehead atoms. The predicted octanol–water partition coefficient (Wildman–Crippen LogP) is 0.984. The molecule has 114 valence electrons. The second-order valence-corrected chi connectivity index (χ2v) is 5.81. The molecule has 6 nitrogen and oxygen atoms in total. The van der Waals surface area contributed by atoms with Gasteiger partial charge in [-0.2, -0.15) is 5.10 Å². The fourth-order valence-corrected chi connectivity index (χ4v) is 2.49. The lowest BCUT2D eigenvalue weighted by Gasteiger charge is -2.39. The molecule has 0 aromatic carbocycles. The van der Waals surface area contributed by atoms with E-state index >= 15 is 0 Å². The summed E-state index contributed by atoms with van der Waals surface area (Å²) in [5.74, 6) is 0.0682. The highest BCUT2D eigenvalue weighted by molar-refractivity contribution is 5.85. The van der Waals surface area contributed by atoms with Crippen molar-refractivity contribution in [3.05, 3.63) is 12.7 Å². The maximum absolute atomic E-state index is 11.8. The Kier molecular flexibility index (Phi) is 6.42. The Balaban J connectivity index is 0.00000200. The molecule has 2 N–H and O–H groups in total. The van der Waals surface area contributed by atoms with Crippen molar-refractivity contribution in [2.75, 3.05) is 13.1 Å². The first-order chi connectivity index (χ1) is 9.08. The molecule has 1 aliphatic heterocycles. The minimum atomic E-state index is 0. The Morgan fingerprint density at radius 2 is 2.35 bits per heavy atom. The van der Waals surface area contributed by atoms with Crippen LogP contribution in [-0.4, -0.2) is 39.8 Å². The summed E-state index contributed by atoms with van der Waals surface area (Å²) in [6.07, 6.45) is 5.96. The summed E-state index contributed by atoms with van der Waals surface area (Å²) >= 11 is 0. The van der Waals surface area contributed by atoms with Gasteiger partial charge in [0, 0.05) is 19.0 Å². The van der Waals surface area contributed by atoms with Gasteiger partial charge in [0.2, 0.25) is 5.91 Å². The van der Waals surface area contributed by atoms with E-state index in [4.69, 9.17) is 0 Å². The number of hydrogen-bond acceptors (Lipinski definition) is 4. The Bertz CT molecular complexity index is 407. The number of nitrogens with zero attached hydrogens (tertiary/aromatic N) is 3. The third kappa shape index (κ3) is 4.76. The van der Waals surface area contributed by atoms with Crippen LogP contribution in [0.3, 0.4) is 0 Å². The van der Waals surface area contributed by atoms with Crippen molar-refractivity contribution in [3.8, 4) is 0 Å². The molecule has 20 heavy (non-hydrogen) atoms. The summed E-state index contributed by atoms with van der Waals surface area (Å²) in [5.41, 5.74) is 0.247. The van der Waals surface area contributed by atoms with Crippen LogP contribution in [0.15, 0.2) is 12.7 Å². The molecule has 1 aromatic rings. The average molecular weight is 302 g/mol. The van der Waals surface area contributed by atoms with Gasteiger partial charge in [-0.25, -0.2) is 4.98 Å². The monoisotopic (exact) mass is 301 g/mol. The van der Waals surface area contributed by atoms with Crippen LogP contribution in [0.5, 0.6) is 0 Å². The van der Waals surface area contributed by atoms with E-state index < -0.39 is 0 Å². The van der Waals surface area contributed by atoms with E-state index in [9.17, 15) is 4.79 Å².